The number of primary amides is 1. The highest BCUT2D eigenvalue weighted by Gasteiger charge is 2.25. The zero-order valence-electron chi connectivity index (χ0n) is 30.7. The summed E-state index contributed by atoms with van der Waals surface area (Å²) < 4.78 is 5.72. The average Bonchev–Trinajstić information content (AvgIpc) is 2.99. The van der Waals surface area contributed by atoms with Crippen molar-refractivity contribution in [2.75, 3.05) is 0 Å². The van der Waals surface area contributed by atoms with Crippen molar-refractivity contribution in [3.63, 3.8) is 0 Å². The molecule has 44 heavy (non-hydrogen) atoms. The van der Waals surface area contributed by atoms with Crippen molar-refractivity contribution in [1.29, 1.82) is 0 Å². The Labute approximate surface area is 274 Å². The summed E-state index contributed by atoms with van der Waals surface area (Å²) in [4.78, 5) is 10.8. The number of ether oxygens (including phenoxy) is 1. The minimum absolute atomic E-state index is 0.224. The number of nitrogens with two attached hydrogens (primary N) is 1. The van der Waals surface area contributed by atoms with Gasteiger partial charge in [-0.3, -0.25) is 4.79 Å². The van der Waals surface area contributed by atoms with Crippen molar-refractivity contribution in [1.82, 2.24) is 5.32 Å². The van der Waals surface area contributed by atoms with Gasteiger partial charge in [0.1, 0.15) is 0 Å². The lowest BCUT2D eigenvalue weighted by atomic mass is 9.78. The van der Waals surface area contributed by atoms with Gasteiger partial charge < -0.3 is 15.8 Å². The Morgan fingerprint density at radius 1 is 0.841 bits per heavy atom. The maximum Gasteiger partial charge on any atom is 0.244 e. The number of carbonyl (C=O) groups is 1. The zero-order chi connectivity index (χ0) is 33.8. The van der Waals surface area contributed by atoms with Gasteiger partial charge in [-0.05, 0) is 88.0 Å². The molecule has 2 aliphatic carbocycles. The van der Waals surface area contributed by atoms with Gasteiger partial charge in [0.25, 0.3) is 0 Å². The first-order chi connectivity index (χ1) is 20.7. The van der Waals surface area contributed by atoms with Gasteiger partial charge in [0.15, 0.2) is 5.88 Å². The normalized spacial score (nSPS) is 19.1. The third-order valence-corrected chi connectivity index (χ3v) is 10.4. The molecule has 5 unspecified atom stereocenters. The summed E-state index contributed by atoms with van der Waals surface area (Å²) in [7, 11) is 0. The summed E-state index contributed by atoms with van der Waals surface area (Å²) in [5.41, 5.74) is 8.37. The van der Waals surface area contributed by atoms with E-state index in [1.807, 2.05) is 6.92 Å². The minimum atomic E-state index is -0.346. The molecule has 0 aliphatic heterocycles. The molecule has 2 aliphatic rings. The lowest BCUT2D eigenvalue weighted by Crippen LogP contribution is -2.38. The van der Waals surface area contributed by atoms with Gasteiger partial charge in [-0.1, -0.05) is 137 Å². The fourth-order valence-electron chi connectivity index (χ4n) is 6.45. The van der Waals surface area contributed by atoms with E-state index in [2.05, 4.69) is 87.0 Å². The van der Waals surface area contributed by atoms with Crippen molar-refractivity contribution in [2.24, 2.45) is 41.2 Å². The Balaban J connectivity index is 0.000000645. The topological polar surface area (TPSA) is 64.4 Å². The number of amides is 1. The Hall–Kier alpha value is -1.97. The van der Waals surface area contributed by atoms with E-state index in [0.29, 0.717) is 35.3 Å². The SMILES string of the molecule is C=C(C(C)CC)C(C)[C@@H](CC)CCC.C=C(C(N)=O)C(C)CC1CCC1.C=C(NC(C(=C)C)C1CCCCC1)OC(C)CC. The summed E-state index contributed by atoms with van der Waals surface area (Å²) in [6, 6.07) is 0.321. The van der Waals surface area contributed by atoms with E-state index in [-0.39, 0.29) is 17.9 Å². The van der Waals surface area contributed by atoms with Gasteiger partial charge in [-0.15, -0.1) is 0 Å². The van der Waals surface area contributed by atoms with Gasteiger partial charge in [-0.25, -0.2) is 0 Å². The van der Waals surface area contributed by atoms with Crippen molar-refractivity contribution in [2.45, 2.75) is 164 Å². The molecular formula is C40H74N2O2. The lowest BCUT2D eigenvalue weighted by Gasteiger charge is -2.33. The molecule has 0 spiro atoms. The Bertz CT molecular complexity index is 851. The van der Waals surface area contributed by atoms with Crippen molar-refractivity contribution in [3.8, 4) is 0 Å². The Morgan fingerprint density at radius 3 is 1.84 bits per heavy atom. The molecule has 0 bridgehead atoms. The molecule has 2 rings (SSSR count). The maximum atomic E-state index is 10.8. The molecule has 0 aromatic carbocycles. The first-order valence-corrected chi connectivity index (χ1v) is 18.2. The minimum Gasteiger partial charge on any atom is -0.477 e. The van der Waals surface area contributed by atoms with Gasteiger partial charge >= 0.3 is 0 Å². The van der Waals surface area contributed by atoms with Crippen molar-refractivity contribution >= 4 is 5.91 Å². The fourth-order valence-corrected chi connectivity index (χ4v) is 6.45. The molecule has 6 atom stereocenters. The first-order valence-electron chi connectivity index (χ1n) is 18.2. The van der Waals surface area contributed by atoms with Crippen LogP contribution in [-0.2, 0) is 9.53 Å². The number of hydrogen-bond acceptors (Lipinski definition) is 3. The van der Waals surface area contributed by atoms with Crippen LogP contribution in [-0.4, -0.2) is 18.1 Å². The smallest absolute Gasteiger partial charge is 0.244 e. The summed E-state index contributed by atoms with van der Waals surface area (Å²) in [5.74, 6) is 4.37. The second-order valence-electron chi connectivity index (χ2n) is 14.1. The van der Waals surface area contributed by atoms with E-state index in [9.17, 15) is 4.79 Å². The number of allylic oxidation sites excluding steroid dienone is 1. The van der Waals surface area contributed by atoms with Crippen LogP contribution in [0.5, 0.6) is 0 Å². The molecule has 2 fully saturated rings. The maximum absolute atomic E-state index is 10.8. The van der Waals surface area contributed by atoms with E-state index in [1.165, 1.54) is 88.2 Å². The van der Waals surface area contributed by atoms with Gasteiger partial charge in [-0.2, -0.15) is 0 Å². The number of hydrogen-bond donors (Lipinski definition) is 2. The Morgan fingerprint density at radius 2 is 1.43 bits per heavy atom. The number of rotatable bonds is 18. The molecule has 2 saturated carbocycles. The predicted molar refractivity (Wildman–Crippen MR) is 194 cm³/mol. The number of nitrogens with one attached hydrogen (secondary N) is 1. The molecule has 4 heteroatoms. The highest BCUT2D eigenvalue weighted by atomic mass is 16.5. The molecule has 0 heterocycles. The van der Waals surface area contributed by atoms with E-state index >= 15 is 0 Å². The molecule has 256 valence electrons. The van der Waals surface area contributed by atoms with Crippen molar-refractivity contribution in [3.05, 3.63) is 48.9 Å². The molecule has 0 radical (unpaired) electrons. The van der Waals surface area contributed by atoms with Crippen LogP contribution in [0, 0.1) is 35.5 Å². The van der Waals surface area contributed by atoms with E-state index in [1.54, 1.807) is 0 Å². The van der Waals surface area contributed by atoms with Crippen LogP contribution in [0.1, 0.15) is 152 Å². The summed E-state index contributed by atoms with van der Waals surface area (Å²) in [6.45, 7) is 35.9. The second-order valence-corrected chi connectivity index (χ2v) is 14.1. The second kappa shape index (κ2) is 23.4. The van der Waals surface area contributed by atoms with Crippen LogP contribution in [0.2, 0.25) is 0 Å². The monoisotopic (exact) mass is 615 g/mol. The number of carbonyl (C=O) groups excluding carboxylic acids is 1. The van der Waals surface area contributed by atoms with Crippen molar-refractivity contribution < 1.29 is 9.53 Å². The molecule has 3 N–H and O–H groups in total. The highest BCUT2D eigenvalue weighted by molar-refractivity contribution is 5.91. The van der Waals surface area contributed by atoms with Gasteiger partial charge in [0.05, 0.1) is 12.1 Å². The third kappa shape index (κ3) is 16.4. The largest absolute Gasteiger partial charge is 0.477 e. The van der Waals surface area contributed by atoms with Gasteiger partial charge in [0, 0.05) is 5.57 Å². The fraction of sp³-hybridized carbons (Fsp3) is 0.775. The lowest BCUT2D eigenvalue weighted by molar-refractivity contribution is -0.115. The molecular weight excluding hydrogens is 540 g/mol. The molecule has 0 aromatic rings. The summed E-state index contributed by atoms with van der Waals surface area (Å²) >= 11 is 0. The average molecular weight is 615 g/mol. The molecule has 4 nitrogen and oxygen atoms in total. The Kier molecular flexibility index (Phi) is 22.3. The van der Waals surface area contributed by atoms with Crippen LogP contribution < -0.4 is 11.1 Å². The van der Waals surface area contributed by atoms with Crippen LogP contribution in [0.4, 0.5) is 0 Å². The van der Waals surface area contributed by atoms with E-state index in [0.717, 1.165) is 24.7 Å². The first kappa shape index (κ1) is 42.0. The van der Waals surface area contributed by atoms with Gasteiger partial charge in [0.2, 0.25) is 5.91 Å². The van der Waals surface area contributed by atoms with Crippen LogP contribution >= 0.6 is 0 Å². The van der Waals surface area contributed by atoms with Crippen LogP contribution in [0.3, 0.4) is 0 Å². The van der Waals surface area contributed by atoms with Crippen LogP contribution in [0.15, 0.2) is 48.9 Å². The zero-order valence-corrected chi connectivity index (χ0v) is 30.7. The predicted octanol–water partition coefficient (Wildman–Crippen LogP) is 11.3. The van der Waals surface area contributed by atoms with E-state index in [4.69, 9.17) is 10.5 Å². The standard InChI is InChI=1S/C16H29NO.C14H28.C10H17NO/c1-6-13(4)18-14(5)17-16(12(2)3)15-10-8-7-9-11-15;1-7-10-14(9-3)13(6)12(5)11(4)8-2;1-7(8(2)10(11)12)6-9-4-3-5-9/h13,15-17H,2,5-11H2,1,3-4H3;11,13-14H,5,7-10H2,1-4,6H3;7,9H,2-6H2,1H3,(H2,11,12)/t;11?,13?,14-;/m.0./s1. The summed E-state index contributed by atoms with van der Waals surface area (Å²) in [5, 5.41) is 3.44. The molecule has 1 amide bonds. The van der Waals surface area contributed by atoms with E-state index < -0.39 is 0 Å². The third-order valence-electron chi connectivity index (χ3n) is 10.4. The molecule has 0 saturated heterocycles. The quantitative estimate of drug-likeness (QED) is 0.0917. The van der Waals surface area contributed by atoms with Crippen LogP contribution in [0.25, 0.3) is 0 Å². The highest BCUT2D eigenvalue weighted by Crippen LogP contribution is 2.34. The summed E-state index contributed by atoms with van der Waals surface area (Å²) in [6.07, 6.45) is 18.1. The molecule has 0 aromatic heterocycles.